The van der Waals surface area contributed by atoms with Gasteiger partial charge < -0.3 is 4.74 Å². The fraction of sp³-hybridized carbons (Fsp3) is 0.167. The number of benzene rings is 2. The van der Waals surface area contributed by atoms with Gasteiger partial charge >= 0.3 is 0 Å². The van der Waals surface area contributed by atoms with E-state index in [4.69, 9.17) is 4.74 Å². The Hall–Kier alpha value is -2.19. The molecule has 1 aliphatic heterocycles. The zero-order chi connectivity index (χ0) is 13.8. The van der Waals surface area contributed by atoms with Crippen LogP contribution >= 0.6 is 0 Å². The number of ether oxygens (including phenoxy) is 1. The average molecular weight is 264 g/mol. The van der Waals surface area contributed by atoms with E-state index in [1.54, 1.807) is 0 Å². The molecule has 2 aromatic carbocycles. The molecule has 2 heteroatoms. The van der Waals surface area contributed by atoms with Crippen LogP contribution in [0, 0.1) is 0 Å². The minimum absolute atomic E-state index is 0.116. The maximum Gasteiger partial charge on any atom is 0.166 e. The van der Waals surface area contributed by atoms with Crippen LogP contribution in [0.1, 0.15) is 17.5 Å². The first-order valence-corrected chi connectivity index (χ1v) is 6.80. The SMILES string of the molecule is O=C(CC1CO1)C(=Cc1ccccc1)c1ccccc1. The first-order chi connectivity index (χ1) is 9.83. The van der Waals surface area contributed by atoms with E-state index in [9.17, 15) is 4.79 Å². The van der Waals surface area contributed by atoms with E-state index in [1.807, 2.05) is 66.7 Å². The highest BCUT2D eigenvalue weighted by Gasteiger charge is 2.27. The Labute approximate surface area is 118 Å². The van der Waals surface area contributed by atoms with Crippen molar-refractivity contribution in [2.75, 3.05) is 6.61 Å². The first kappa shape index (κ1) is 12.8. The topological polar surface area (TPSA) is 29.6 Å². The van der Waals surface area contributed by atoms with Crippen molar-refractivity contribution in [2.45, 2.75) is 12.5 Å². The Morgan fingerprint density at radius 3 is 2.25 bits per heavy atom. The van der Waals surface area contributed by atoms with Gasteiger partial charge in [-0.3, -0.25) is 4.79 Å². The van der Waals surface area contributed by atoms with Crippen molar-refractivity contribution in [1.82, 2.24) is 0 Å². The van der Waals surface area contributed by atoms with E-state index < -0.39 is 0 Å². The summed E-state index contributed by atoms with van der Waals surface area (Å²) in [6.07, 6.45) is 2.54. The van der Waals surface area contributed by atoms with Gasteiger partial charge in [0.25, 0.3) is 0 Å². The van der Waals surface area contributed by atoms with E-state index in [0.29, 0.717) is 13.0 Å². The molecular weight excluding hydrogens is 248 g/mol. The lowest BCUT2D eigenvalue weighted by atomic mass is 9.96. The molecule has 20 heavy (non-hydrogen) atoms. The van der Waals surface area contributed by atoms with Gasteiger partial charge in [-0.05, 0) is 17.2 Å². The number of rotatable bonds is 5. The number of hydrogen-bond donors (Lipinski definition) is 0. The van der Waals surface area contributed by atoms with E-state index in [0.717, 1.165) is 16.7 Å². The molecule has 1 heterocycles. The molecule has 1 unspecified atom stereocenters. The van der Waals surface area contributed by atoms with E-state index >= 15 is 0 Å². The van der Waals surface area contributed by atoms with Crippen LogP contribution in [-0.2, 0) is 9.53 Å². The summed E-state index contributed by atoms with van der Waals surface area (Å²) in [5, 5.41) is 0. The molecule has 1 aliphatic rings. The van der Waals surface area contributed by atoms with E-state index in [1.165, 1.54) is 0 Å². The predicted molar refractivity (Wildman–Crippen MR) is 80.1 cm³/mol. The van der Waals surface area contributed by atoms with Crippen LogP contribution in [0.4, 0.5) is 0 Å². The number of epoxide rings is 1. The summed E-state index contributed by atoms with van der Waals surface area (Å²) in [6, 6.07) is 19.7. The zero-order valence-electron chi connectivity index (χ0n) is 11.2. The first-order valence-electron chi connectivity index (χ1n) is 6.80. The van der Waals surface area contributed by atoms with E-state index in [2.05, 4.69) is 0 Å². The monoisotopic (exact) mass is 264 g/mol. The lowest BCUT2D eigenvalue weighted by Gasteiger charge is -2.06. The van der Waals surface area contributed by atoms with E-state index in [-0.39, 0.29) is 11.9 Å². The molecule has 1 saturated heterocycles. The summed E-state index contributed by atoms with van der Waals surface area (Å²) in [6.45, 7) is 0.707. The van der Waals surface area contributed by atoms with Crippen LogP contribution < -0.4 is 0 Å². The zero-order valence-corrected chi connectivity index (χ0v) is 11.2. The normalized spacial score (nSPS) is 17.8. The maximum absolute atomic E-state index is 12.5. The summed E-state index contributed by atoms with van der Waals surface area (Å²) in [5.74, 6) is 0.141. The Morgan fingerprint density at radius 2 is 1.65 bits per heavy atom. The molecule has 0 spiro atoms. The van der Waals surface area contributed by atoms with Crippen molar-refractivity contribution in [3.05, 3.63) is 71.8 Å². The van der Waals surface area contributed by atoms with Crippen molar-refractivity contribution in [2.24, 2.45) is 0 Å². The summed E-state index contributed by atoms with van der Waals surface area (Å²) in [7, 11) is 0. The highest BCUT2D eigenvalue weighted by atomic mass is 16.6. The Kier molecular flexibility index (Phi) is 3.75. The maximum atomic E-state index is 12.5. The second kappa shape index (κ2) is 5.85. The van der Waals surface area contributed by atoms with Crippen molar-refractivity contribution >= 4 is 17.4 Å². The fourth-order valence-corrected chi connectivity index (χ4v) is 2.16. The minimum atomic E-state index is 0.116. The van der Waals surface area contributed by atoms with Crippen LogP contribution in [0.2, 0.25) is 0 Å². The summed E-state index contributed by atoms with van der Waals surface area (Å²) in [5.41, 5.74) is 2.76. The quantitative estimate of drug-likeness (QED) is 0.469. The molecule has 0 aliphatic carbocycles. The Morgan fingerprint density at radius 1 is 1.05 bits per heavy atom. The largest absolute Gasteiger partial charge is 0.373 e. The molecule has 0 saturated carbocycles. The second-order valence-electron chi connectivity index (χ2n) is 4.92. The number of carbonyl (C=O) groups is 1. The van der Waals surface area contributed by atoms with Crippen molar-refractivity contribution in [1.29, 1.82) is 0 Å². The molecule has 2 aromatic rings. The third-order valence-corrected chi connectivity index (χ3v) is 3.31. The smallest absolute Gasteiger partial charge is 0.166 e. The Bertz CT molecular complexity index is 610. The molecule has 1 atom stereocenters. The molecular formula is C18H16O2. The number of allylic oxidation sites excluding steroid dienone is 1. The molecule has 0 radical (unpaired) electrons. The number of hydrogen-bond acceptors (Lipinski definition) is 2. The van der Waals surface area contributed by atoms with Crippen LogP contribution in [0.5, 0.6) is 0 Å². The van der Waals surface area contributed by atoms with Crippen LogP contribution in [0.15, 0.2) is 60.7 Å². The standard InChI is InChI=1S/C18H16O2/c19-18(12-16-13-20-16)17(15-9-5-2-6-10-15)11-14-7-3-1-4-8-14/h1-11,16H,12-13H2. The predicted octanol–water partition coefficient (Wildman–Crippen LogP) is 3.59. The lowest BCUT2D eigenvalue weighted by Crippen LogP contribution is -2.05. The molecule has 2 nitrogen and oxygen atoms in total. The van der Waals surface area contributed by atoms with Crippen molar-refractivity contribution in [3.8, 4) is 0 Å². The van der Waals surface area contributed by atoms with Crippen LogP contribution in [0.25, 0.3) is 11.6 Å². The van der Waals surface area contributed by atoms with Crippen molar-refractivity contribution in [3.63, 3.8) is 0 Å². The highest BCUT2D eigenvalue weighted by Crippen LogP contribution is 2.24. The van der Waals surface area contributed by atoms with Gasteiger partial charge in [-0.1, -0.05) is 60.7 Å². The van der Waals surface area contributed by atoms with Crippen LogP contribution in [0.3, 0.4) is 0 Å². The fourth-order valence-electron chi connectivity index (χ4n) is 2.16. The molecule has 3 rings (SSSR count). The molecule has 0 aromatic heterocycles. The van der Waals surface area contributed by atoms with Gasteiger partial charge in [0.15, 0.2) is 5.78 Å². The molecule has 1 fully saturated rings. The molecule has 0 amide bonds. The van der Waals surface area contributed by atoms with Crippen molar-refractivity contribution < 1.29 is 9.53 Å². The van der Waals surface area contributed by atoms with Gasteiger partial charge in [-0.2, -0.15) is 0 Å². The summed E-state index contributed by atoms with van der Waals surface area (Å²) >= 11 is 0. The lowest BCUT2D eigenvalue weighted by molar-refractivity contribution is -0.114. The van der Waals surface area contributed by atoms with Gasteiger partial charge in [0.2, 0.25) is 0 Å². The summed E-state index contributed by atoms with van der Waals surface area (Å²) in [4.78, 5) is 12.5. The van der Waals surface area contributed by atoms with Gasteiger partial charge in [0, 0.05) is 12.0 Å². The summed E-state index contributed by atoms with van der Waals surface area (Å²) < 4.78 is 5.17. The third-order valence-electron chi connectivity index (χ3n) is 3.31. The van der Waals surface area contributed by atoms with Gasteiger partial charge in [0.1, 0.15) is 0 Å². The average Bonchev–Trinajstić information content (AvgIpc) is 3.30. The number of carbonyl (C=O) groups excluding carboxylic acids is 1. The van der Waals surface area contributed by atoms with Gasteiger partial charge in [-0.25, -0.2) is 0 Å². The highest BCUT2D eigenvalue weighted by molar-refractivity contribution is 6.25. The third kappa shape index (κ3) is 3.22. The molecule has 0 N–H and O–H groups in total. The van der Waals surface area contributed by atoms with Gasteiger partial charge in [-0.15, -0.1) is 0 Å². The Balaban J connectivity index is 1.94. The van der Waals surface area contributed by atoms with Gasteiger partial charge in [0.05, 0.1) is 12.7 Å². The minimum Gasteiger partial charge on any atom is -0.373 e. The molecule has 100 valence electrons. The van der Waals surface area contributed by atoms with Crippen LogP contribution in [-0.4, -0.2) is 18.5 Å². The second-order valence-corrected chi connectivity index (χ2v) is 4.92. The molecule has 0 bridgehead atoms. The number of ketones is 1. The number of Topliss-reactive ketones (excluding diaryl/α,β-unsaturated/α-hetero) is 1.